The van der Waals surface area contributed by atoms with E-state index in [1.165, 1.54) is 24.3 Å². The number of carbonyl (C=O) groups excluding carboxylic acids is 2. The van der Waals surface area contributed by atoms with Crippen LogP contribution in [-0.4, -0.2) is 22.8 Å². The van der Waals surface area contributed by atoms with Gasteiger partial charge in [0.15, 0.2) is 0 Å². The summed E-state index contributed by atoms with van der Waals surface area (Å²) in [5.41, 5.74) is 2.97. The van der Waals surface area contributed by atoms with Crippen LogP contribution in [0.3, 0.4) is 0 Å². The van der Waals surface area contributed by atoms with Gasteiger partial charge in [0.1, 0.15) is 12.6 Å². The van der Waals surface area contributed by atoms with Crippen LogP contribution in [0.5, 0.6) is 0 Å². The number of non-ortho nitro benzene ring substituents is 1. The molecule has 0 aliphatic heterocycles. The van der Waals surface area contributed by atoms with Crippen molar-refractivity contribution >= 4 is 17.6 Å². The lowest BCUT2D eigenvalue weighted by atomic mass is 9.86. The summed E-state index contributed by atoms with van der Waals surface area (Å²) in [6.07, 6.45) is 0.270. The predicted octanol–water partition coefficient (Wildman–Crippen LogP) is 4.98. The molecule has 0 spiro atoms. The second-order valence-corrected chi connectivity index (χ2v) is 9.07. The number of ether oxygens (including phenoxy) is 1. The third-order valence-electron chi connectivity index (χ3n) is 5.41. The number of nitro groups is 1. The molecule has 0 saturated heterocycles. The molecule has 7 nitrogen and oxygen atoms in total. The van der Waals surface area contributed by atoms with Gasteiger partial charge >= 0.3 is 5.97 Å². The molecule has 0 aromatic heterocycles. The van der Waals surface area contributed by atoms with Gasteiger partial charge in [0.2, 0.25) is 0 Å². The lowest BCUT2D eigenvalue weighted by molar-refractivity contribution is -0.384. The standard InChI is InChI=1S/C27H28N2O5/c1-27(2,3)22-13-11-21(12-14-22)25(30)28-24(17-19-7-5-4-6-8-19)26(31)34-18-20-9-15-23(16-10-20)29(32)33/h4-16,24H,17-18H2,1-3H3,(H,28,30)/t24-/m0/s1. The monoisotopic (exact) mass is 460 g/mol. The summed E-state index contributed by atoms with van der Waals surface area (Å²) in [6, 6.07) is 21.6. The molecule has 3 aromatic rings. The minimum Gasteiger partial charge on any atom is -0.459 e. The highest BCUT2D eigenvalue weighted by atomic mass is 16.6. The Morgan fingerprint density at radius 3 is 2.09 bits per heavy atom. The van der Waals surface area contributed by atoms with Gasteiger partial charge in [-0.15, -0.1) is 0 Å². The van der Waals surface area contributed by atoms with Crippen LogP contribution in [0.25, 0.3) is 0 Å². The van der Waals surface area contributed by atoms with Crippen LogP contribution in [0.1, 0.15) is 47.8 Å². The number of amides is 1. The summed E-state index contributed by atoms with van der Waals surface area (Å²) in [4.78, 5) is 36.1. The van der Waals surface area contributed by atoms with Gasteiger partial charge in [0, 0.05) is 24.1 Å². The maximum atomic E-state index is 12.9. The first kappa shape index (κ1) is 24.6. The fourth-order valence-electron chi connectivity index (χ4n) is 3.38. The molecule has 0 saturated carbocycles. The number of hydrogen-bond donors (Lipinski definition) is 1. The number of hydrogen-bond acceptors (Lipinski definition) is 5. The zero-order chi connectivity index (χ0) is 24.7. The van der Waals surface area contributed by atoms with Crippen molar-refractivity contribution < 1.29 is 19.2 Å². The average molecular weight is 461 g/mol. The van der Waals surface area contributed by atoms with Crippen molar-refractivity contribution in [2.75, 3.05) is 0 Å². The van der Waals surface area contributed by atoms with Crippen molar-refractivity contribution in [2.24, 2.45) is 0 Å². The predicted molar refractivity (Wildman–Crippen MR) is 129 cm³/mol. The molecule has 0 aliphatic carbocycles. The van der Waals surface area contributed by atoms with E-state index in [1.807, 2.05) is 42.5 Å². The van der Waals surface area contributed by atoms with Crippen molar-refractivity contribution in [2.45, 2.75) is 45.3 Å². The second kappa shape index (κ2) is 10.7. The van der Waals surface area contributed by atoms with E-state index in [2.05, 4.69) is 26.1 Å². The Balaban J connectivity index is 1.71. The average Bonchev–Trinajstić information content (AvgIpc) is 2.82. The summed E-state index contributed by atoms with van der Waals surface area (Å²) in [7, 11) is 0. The van der Waals surface area contributed by atoms with Crippen molar-refractivity contribution in [3.63, 3.8) is 0 Å². The van der Waals surface area contributed by atoms with Gasteiger partial charge in [-0.1, -0.05) is 63.2 Å². The summed E-state index contributed by atoms with van der Waals surface area (Å²) in [5.74, 6) is -0.949. The normalized spacial score (nSPS) is 12.0. The molecule has 0 heterocycles. The van der Waals surface area contributed by atoms with E-state index < -0.39 is 16.9 Å². The number of nitrogens with one attached hydrogen (secondary N) is 1. The Hall–Kier alpha value is -4.00. The third kappa shape index (κ3) is 6.75. The quantitative estimate of drug-likeness (QED) is 0.290. The van der Waals surface area contributed by atoms with Gasteiger partial charge in [-0.3, -0.25) is 14.9 Å². The first-order valence-corrected chi connectivity index (χ1v) is 11.0. The third-order valence-corrected chi connectivity index (χ3v) is 5.41. The highest BCUT2D eigenvalue weighted by molar-refractivity contribution is 5.96. The van der Waals surface area contributed by atoms with E-state index in [4.69, 9.17) is 4.74 Å². The highest BCUT2D eigenvalue weighted by Gasteiger charge is 2.24. The summed E-state index contributed by atoms with van der Waals surface area (Å²) < 4.78 is 5.44. The van der Waals surface area contributed by atoms with Crippen LogP contribution in [0.15, 0.2) is 78.9 Å². The van der Waals surface area contributed by atoms with Crippen molar-refractivity contribution in [3.05, 3.63) is 111 Å². The molecule has 1 atom stereocenters. The molecule has 1 N–H and O–H groups in total. The molecule has 0 radical (unpaired) electrons. The number of nitrogens with zero attached hydrogens (tertiary/aromatic N) is 1. The maximum absolute atomic E-state index is 12.9. The largest absolute Gasteiger partial charge is 0.459 e. The zero-order valence-corrected chi connectivity index (χ0v) is 19.5. The topological polar surface area (TPSA) is 98.5 Å². The van der Waals surface area contributed by atoms with Gasteiger partial charge in [-0.2, -0.15) is 0 Å². The Morgan fingerprint density at radius 1 is 0.912 bits per heavy atom. The van der Waals surface area contributed by atoms with Crippen LogP contribution in [0.4, 0.5) is 5.69 Å². The van der Waals surface area contributed by atoms with E-state index in [9.17, 15) is 19.7 Å². The number of benzene rings is 3. The molecule has 0 bridgehead atoms. The lowest BCUT2D eigenvalue weighted by Crippen LogP contribution is -2.43. The first-order chi connectivity index (χ1) is 16.1. The molecule has 0 fully saturated rings. The Labute approximate surface area is 198 Å². The molecule has 176 valence electrons. The molecule has 7 heteroatoms. The molecule has 0 unspecified atom stereocenters. The summed E-state index contributed by atoms with van der Waals surface area (Å²) in [5, 5.41) is 13.6. The first-order valence-electron chi connectivity index (χ1n) is 11.0. The smallest absolute Gasteiger partial charge is 0.329 e. The fourth-order valence-corrected chi connectivity index (χ4v) is 3.38. The second-order valence-electron chi connectivity index (χ2n) is 9.07. The van der Waals surface area contributed by atoms with Gasteiger partial charge in [-0.25, -0.2) is 4.79 Å². The number of rotatable bonds is 8. The molecule has 34 heavy (non-hydrogen) atoms. The van der Waals surface area contributed by atoms with Gasteiger partial charge < -0.3 is 10.1 Å². The van der Waals surface area contributed by atoms with E-state index in [0.717, 1.165) is 11.1 Å². The molecule has 0 aliphatic rings. The van der Waals surface area contributed by atoms with Crippen LogP contribution in [-0.2, 0) is 28.0 Å². The van der Waals surface area contributed by atoms with E-state index in [1.54, 1.807) is 12.1 Å². The van der Waals surface area contributed by atoms with Crippen molar-refractivity contribution in [1.29, 1.82) is 0 Å². The van der Waals surface area contributed by atoms with E-state index in [0.29, 0.717) is 11.1 Å². The van der Waals surface area contributed by atoms with Crippen LogP contribution < -0.4 is 5.32 Å². The molecular weight excluding hydrogens is 432 g/mol. The number of esters is 1. The summed E-state index contributed by atoms with van der Waals surface area (Å²) in [6.45, 7) is 6.23. The maximum Gasteiger partial charge on any atom is 0.329 e. The number of nitro benzene ring substituents is 1. The van der Waals surface area contributed by atoms with Gasteiger partial charge in [0.05, 0.1) is 4.92 Å². The Morgan fingerprint density at radius 2 is 1.53 bits per heavy atom. The molecule has 3 aromatic carbocycles. The van der Waals surface area contributed by atoms with Crippen LogP contribution >= 0.6 is 0 Å². The van der Waals surface area contributed by atoms with E-state index in [-0.39, 0.29) is 30.0 Å². The van der Waals surface area contributed by atoms with E-state index >= 15 is 0 Å². The molecule has 3 rings (SSSR count). The SMILES string of the molecule is CC(C)(C)c1ccc(C(=O)N[C@@H](Cc2ccccc2)C(=O)OCc2ccc([N+](=O)[O-])cc2)cc1. The lowest BCUT2D eigenvalue weighted by Gasteiger charge is -2.20. The van der Waals surface area contributed by atoms with Gasteiger partial charge in [0.25, 0.3) is 11.6 Å². The molecule has 1 amide bonds. The Kier molecular flexibility index (Phi) is 7.79. The van der Waals surface area contributed by atoms with Crippen molar-refractivity contribution in [1.82, 2.24) is 5.32 Å². The van der Waals surface area contributed by atoms with Crippen LogP contribution in [0.2, 0.25) is 0 Å². The Bertz CT molecular complexity index is 1130. The van der Waals surface area contributed by atoms with Crippen LogP contribution in [0, 0.1) is 10.1 Å². The summed E-state index contributed by atoms with van der Waals surface area (Å²) >= 11 is 0. The zero-order valence-electron chi connectivity index (χ0n) is 19.5. The molecular formula is C27H28N2O5. The minimum atomic E-state index is -0.893. The minimum absolute atomic E-state index is 0.0352. The fraction of sp³-hybridized carbons (Fsp3) is 0.259. The van der Waals surface area contributed by atoms with Gasteiger partial charge in [-0.05, 0) is 46.4 Å². The number of carbonyl (C=O) groups is 2. The highest BCUT2D eigenvalue weighted by Crippen LogP contribution is 2.22. The van der Waals surface area contributed by atoms with Crippen molar-refractivity contribution in [3.8, 4) is 0 Å².